The summed E-state index contributed by atoms with van der Waals surface area (Å²) >= 11 is 0. The molecule has 120 valence electrons. The number of hydrogen-bond acceptors (Lipinski definition) is 6. The van der Waals surface area contributed by atoms with Crippen molar-refractivity contribution in [3.63, 3.8) is 0 Å². The number of nitrogens with zero attached hydrogens (tertiary/aromatic N) is 3. The van der Waals surface area contributed by atoms with Crippen molar-refractivity contribution in [2.24, 2.45) is 10.2 Å². The number of pyridine rings is 1. The second kappa shape index (κ2) is 6.87. The van der Waals surface area contributed by atoms with Crippen LogP contribution in [0.1, 0.15) is 5.56 Å². The molecule has 0 bridgehead atoms. The van der Waals surface area contributed by atoms with Crippen LogP contribution in [0.5, 0.6) is 11.5 Å². The first-order valence-corrected chi connectivity index (χ1v) is 7.23. The van der Waals surface area contributed by atoms with E-state index in [1.165, 1.54) is 0 Å². The highest BCUT2D eigenvalue weighted by molar-refractivity contribution is 5.95. The molecule has 0 amide bonds. The molecule has 0 spiro atoms. The van der Waals surface area contributed by atoms with Crippen LogP contribution in [0.15, 0.2) is 58.8 Å². The number of fused-ring (bicyclic) bond motifs is 1. The predicted octanol–water partition coefficient (Wildman–Crippen LogP) is 4.40. The summed E-state index contributed by atoms with van der Waals surface area (Å²) in [6.07, 6.45) is 3.33. The first kappa shape index (κ1) is 15.6. The number of benzene rings is 2. The van der Waals surface area contributed by atoms with Crippen LogP contribution < -0.4 is 9.47 Å². The lowest BCUT2D eigenvalue weighted by Crippen LogP contribution is -1.92. The van der Waals surface area contributed by atoms with E-state index in [9.17, 15) is 4.91 Å². The first-order chi connectivity index (χ1) is 11.7. The van der Waals surface area contributed by atoms with Crippen LogP contribution in [0, 0.1) is 4.91 Å². The summed E-state index contributed by atoms with van der Waals surface area (Å²) in [6, 6.07) is 12.4. The summed E-state index contributed by atoms with van der Waals surface area (Å²) in [4.78, 5) is 19.4. The zero-order valence-electron chi connectivity index (χ0n) is 13.3. The zero-order valence-corrected chi connectivity index (χ0v) is 13.3. The van der Waals surface area contributed by atoms with E-state index in [1.807, 2.05) is 18.2 Å². The Labute approximate surface area is 138 Å². The van der Waals surface area contributed by atoms with Gasteiger partial charge in [0.2, 0.25) is 0 Å². The van der Waals surface area contributed by atoms with Crippen LogP contribution in [0.4, 0.5) is 11.5 Å². The number of ether oxygens (including phenoxy) is 2. The van der Waals surface area contributed by atoms with Gasteiger partial charge in [-0.2, -0.15) is 0 Å². The normalized spacial score (nSPS) is 10.9. The third-order valence-corrected chi connectivity index (χ3v) is 3.60. The fourth-order valence-electron chi connectivity index (χ4n) is 2.36. The van der Waals surface area contributed by atoms with Crippen molar-refractivity contribution in [3.05, 3.63) is 59.1 Å². The Morgan fingerprint density at radius 2 is 1.92 bits per heavy atom. The van der Waals surface area contributed by atoms with Gasteiger partial charge in [-0.3, -0.25) is 0 Å². The van der Waals surface area contributed by atoms with E-state index in [0.29, 0.717) is 23.0 Å². The van der Waals surface area contributed by atoms with Gasteiger partial charge in [0.25, 0.3) is 0 Å². The molecular weight excluding hydrogens is 306 g/mol. The predicted molar refractivity (Wildman–Crippen MR) is 94.0 cm³/mol. The van der Waals surface area contributed by atoms with Gasteiger partial charge in [-0.05, 0) is 47.0 Å². The zero-order chi connectivity index (χ0) is 16.9. The largest absolute Gasteiger partial charge is 0.497 e. The van der Waals surface area contributed by atoms with Crippen LogP contribution in [0.25, 0.3) is 10.8 Å². The van der Waals surface area contributed by atoms with Crippen molar-refractivity contribution in [1.82, 2.24) is 4.98 Å². The number of hydrogen-bond donors (Lipinski definition) is 0. The number of aromatic nitrogens is 1. The molecular formula is C18H15N3O3. The van der Waals surface area contributed by atoms with Crippen molar-refractivity contribution in [2.45, 2.75) is 0 Å². The van der Waals surface area contributed by atoms with E-state index in [2.05, 4.69) is 15.2 Å². The molecule has 1 heterocycles. The SMILES string of the molecule is COc1ccc(C=Nc2nccc3cc(N=O)ccc23)c(OC)c1. The third kappa shape index (κ3) is 3.08. The van der Waals surface area contributed by atoms with Crippen molar-refractivity contribution < 1.29 is 9.47 Å². The molecule has 0 radical (unpaired) electrons. The summed E-state index contributed by atoms with van der Waals surface area (Å²) in [6.45, 7) is 0. The Bertz CT molecular complexity index is 923. The Morgan fingerprint density at radius 1 is 1.04 bits per heavy atom. The topological polar surface area (TPSA) is 73.1 Å². The molecule has 6 heteroatoms. The second-order valence-corrected chi connectivity index (χ2v) is 5.00. The fourth-order valence-corrected chi connectivity index (χ4v) is 2.36. The maximum atomic E-state index is 10.6. The standard InChI is InChI=1S/C18H15N3O3/c1-23-15-5-3-13(17(10-15)24-2)11-20-18-16-6-4-14(21-22)9-12(16)7-8-19-18/h3-11H,1-2H3. The van der Waals surface area contributed by atoms with Crippen molar-refractivity contribution >= 4 is 28.5 Å². The lowest BCUT2D eigenvalue weighted by molar-refractivity contribution is 0.394. The van der Waals surface area contributed by atoms with Gasteiger partial charge in [0.05, 0.1) is 14.2 Å². The van der Waals surface area contributed by atoms with E-state index >= 15 is 0 Å². The van der Waals surface area contributed by atoms with Crippen molar-refractivity contribution in [3.8, 4) is 11.5 Å². The monoisotopic (exact) mass is 321 g/mol. The third-order valence-electron chi connectivity index (χ3n) is 3.60. The molecule has 3 rings (SSSR count). The maximum Gasteiger partial charge on any atom is 0.159 e. The first-order valence-electron chi connectivity index (χ1n) is 7.23. The minimum atomic E-state index is 0.375. The second-order valence-electron chi connectivity index (χ2n) is 5.00. The quantitative estimate of drug-likeness (QED) is 0.515. The maximum absolute atomic E-state index is 10.6. The van der Waals surface area contributed by atoms with Crippen molar-refractivity contribution in [2.75, 3.05) is 14.2 Å². The Morgan fingerprint density at radius 3 is 2.67 bits per heavy atom. The van der Waals surface area contributed by atoms with Gasteiger partial charge in [-0.25, -0.2) is 9.98 Å². The molecule has 0 saturated heterocycles. The van der Waals surface area contributed by atoms with Gasteiger partial charge >= 0.3 is 0 Å². The van der Waals surface area contributed by atoms with Crippen LogP contribution in [0.3, 0.4) is 0 Å². The van der Waals surface area contributed by atoms with Gasteiger partial charge < -0.3 is 9.47 Å². The van der Waals surface area contributed by atoms with E-state index in [0.717, 1.165) is 16.3 Å². The minimum Gasteiger partial charge on any atom is -0.497 e. The molecule has 0 N–H and O–H groups in total. The summed E-state index contributed by atoms with van der Waals surface area (Å²) in [7, 11) is 3.20. The van der Waals surface area contributed by atoms with Gasteiger partial charge in [0.15, 0.2) is 5.82 Å². The highest BCUT2D eigenvalue weighted by Crippen LogP contribution is 2.28. The number of aliphatic imine (C=N–C) groups is 1. The lowest BCUT2D eigenvalue weighted by Gasteiger charge is -2.07. The summed E-state index contributed by atoms with van der Waals surface area (Å²) in [5, 5.41) is 4.64. The number of nitroso groups, excluding NO2 is 1. The molecule has 2 aromatic carbocycles. The smallest absolute Gasteiger partial charge is 0.159 e. The molecule has 3 aromatic rings. The highest BCUT2D eigenvalue weighted by Gasteiger charge is 2.05. The molecule has 1 aromatic heterocycles. The lowest BCUT2D eigenvalue weighted by atomic mass is 10.1. The summed E-state index contributed by atoms with van der Waals surface area (Å²) in [5.74, 6) is 1.93. The van der Waals surface area contributed by atoms with Gasteiger partial charge in [0, 0.05) is 29.4 Å². The Balaban J connectivity index is 2.00. The molecule has 0 aliphatic heterocycles. The van der Waals surface area contributed by atoms with E-state index < -0.39 is 0 Å². The van der Waals surface area contributed by atoms with Crippen molar-refractivity contribution in [1.29, 1.82) is 0 Å². The number of rotatable bonds is 5. The van der Waals surface area contributed by atoms with E-state index in [1.54, 1.807) is 50.9 Å². The molecule has 0 saturated carbocycles. The molecule has 0 aliphatic rings. The van der Waals surface area contributed by atoms with E-state index in [-0.39, 0.29) is 0 Å². The number of methoxy groups -OCH3 is 2. The average Bonchev–Trinajstić information content (AvgIpc) is 2.65. The Kier molecular flexibility index (Phi) is 4.47. The van der Waals surface area contributed by atoms with Gasteiger partial charge in [0.1, 0.15) is 17.2 Å². The molecule has 24 heavy (non-hydrogen) atoms. The highest BCUT2D eigenvalue weighted by atomic mass is 16.5. The Hall–Kier alpha value is -3.28. The average molecular weight is 321 g/mol. The molecule has 0 unspecified atom stereocenters. The van der Waals surface area contributed by atoms with E-state index in [4.69, 9.17) is 9.47 Å². The van der Waals surface area contributed by atoms with Crippen LogP contribution >= 0.6 is 0 Å². The molecule has 0 fully saturated rings. The summed E-state index contributed by atoms with van der Waals surface area (Å²) < 4.78 is 10.5. The van der Waals surface area contributed by atoms with Crippen LogP contribution in [0.2, 0.25) is 0 Å². The molecule has 0 aliphatic carbocycles. The van der Waals surface area contributed by atoms with Gasteiger partial charge in [-0.15, -0.1) is 4.91 Å². The minimum absolute atomic E-state index is 0.375. The van der Waals surface area contributed by atoms with Crippen LogP contribution in [-0.4, -0.2) is 25.4 Å². The molecule has 6 nitrogen and oxygen atoms in total. The fraction of sp³-hybridized carbons (Fsp3) is 0.111. The van der Waals surface area contributed by atoms with Crippen LogP contribution in [-0.2, 0) is 0 Å². The summed E-state index contributed by atoms with van der Waals surface area (Å²) in [5.41, 5.74) is 1.18. The van der Waals surface area contributed by atoms with Gasteiger partial charge in [-0.1, -0.05) is 0 Å². The molecule has 0 atom stereocenters.